The Balaban J connectivity index is 2.92. The normalized spacial score (nSPS) is 10.3. The molecule has 0 aliphatic rings. The molecule has 0 radical (unpaired) electrons. The molecule has 0 amide bonds. The molecule has 3 N–H and O–H groups in total. The van der Waals surface area contributed by atoms with Gasteiger partial charge in [0.25, 0.3) is 0 Å². The Bertz CT molecular complexity index is 382. The lowest BCUT2D eigenvalue weighted by Crippen LogP contribution is -2.19. The van der Waals surface area contributed by atoms with Gasteiger partial charge >= 0.3 is 0 Å². The van der Waals surface area contributed by atoms with E-state index in [1.165, 1.54) is 12.1 Å². The Morgan fingerprint density at radius 1 is 1.40 bits per heavy atom. The zero-order valence-corrected chi connectivity index (χ0v) is 8.05. The first-order valence-electron chi connectivity index (χ1n) is 4.36. The van der Waals surface area contributed by atoms with Crippen LogP contribution in [0, 0.1) is 0 Å². The van der Waals surface area contributed by atoms with E-state index >= 15 is 0 Å². The van der Waals surface area contributed by atoms with Gasteiger partial charge in [0, 0.05) is 12.0 Å². The highest BCUT2D eigenvalue weighted by molar-refractivity contribution is 5.98. The molecular weight excluding hydrogens is 196 g/mol. The van der Waals surface area contributed by atoms with Gasteiger partial charge in [0.15, 0.2) is 0 Å². The third-order valence-electron chi connectivity index (χ3n) is 1.85. The van der Waals surface area contributed by atoms with Crippen molar-refractivity contribution >= 4 is 5.78 Å². The second-order valence-corrected chi connectivity index (χ2v) is 3.18. The molecule has 0 unspecified atom stereocenters. The summed E-state index contributed by atoms with van der Waals surface area (Å²) in [5, 5.41) is 26.3. The lowest BCUT2D eigenvalue weighted by atomic mass is 10.0. The van der Waals surface area contributed by atoms with Crippen LogP contribution in [0.4, 0.5) is 0 Å². The molecule has 1 rings (SSSR count). The van der Waals surface area contributed by atoms with E-state index in [1.54, 1.807) is 12.1 Å². The monoisotopic (exact) mass is 208 g/mol. The molecular formula is C11H12O4. The Kier molecular flexibility index (Phi) is 3.60. The van der Waals surface area contributed by atoms with Crippen molar-refractivity contribution in [3.63, 3.8) is 0 Å². The van der Waals surface area contributed by atoms with Gasteiger partial charge in [-0.25, -0.2) is 0 Å². The average Bonchev–Trinajstić information content (AvgIpc) is 2.16. The third-order valence-corrected chi connectivity index (χ3v) is 1.85. The zero-order chi connectivity index (χ0) is 11.4. The number of hydrogen-bond acceptors (Lipinski definition) is 4. The van der Waals surface area contributed by atoms with Gasteiger partial charge in [-0.15, -0.1) is 0 Å². The summed E-state index contributed by atoms with van der Waals surface area (Å²) in [6.07, 6.45) is -1.76. The van der Waals surface area contributed by atoms with Gasteiger partial charge in [0.05, 0.1) is 5.76 Å². The van der Waals surface area contributed by atoms with Crippen molar-refractivity contribution in [2.24, 2.45) is 0 Å². The number of Topliss-reactive ketones (excluding diaryl/α,β-unsaturated/α-hetero) is 1. The molecule has 0 saturated carbocycles. The molecule has 4 heteroatoms. The molecule has 0 aromatic heterocycles. The van der Waals surface area contributed by atoms with Crippen molar-refractivity contribution in [3.05, 3.63) is 47.7 Å². The lowest BCUT2D eigenvalue weighted by molar-refractivity contribution is -0.0195. The van der Waals surface area contributed by atoms with Crippen LogP contribution in [0.2, 0.25) is 0 Å². The largest absolute Gasteiger partial charge is 0.513 e. The molecule has 0 heterocycles. The molecule has 0 bridgehead atoms. The zero-order valence-electron chi connectivity index (χ0n) is 8.05. The number of aliphatic hydroxyl groups is 3. The molecule has 1 aromatic carbocycles. The van der Waals surface area contributed by atoms with E-state index in [4.69, 9.17) is 15.3 Å². The summed E-state index contributed by atoms with van der Waals surface area (Å²) in [5.74, 6) is -0.774. The molecule has 1 aromatic rings. The smallest absolute Gasteiger partial charge is 0.218 e. The minimum absolute atomic E-state index is 0.0101. The predicted octanol–water partition coefficient (Wildman–Crippen LogP) is 0.794. The summed E-state index contributed by atoms with van der Waals surface area (Å²) in [6, 6.07) is 6.28. The Morgan fingerprint density at radius 3 is 2.60 bits per heavy atom. The first kappa shape index (κ1) is 11.4. The van der Waals surface area contributed by atoms with Crippen LogP contribution in [0.15, 0.2) is 36.6 Å². The number of ketones is 1. The molecule has 15 heavy (non-hydrogen) atoms. The molecule has 0 saturated heterocycles. The fraction of sp³-hybridized carbons (Fsp3) is 0.182. The Labute approximate surface area is 87.1 Å². The number of benzene rings is 1. The van der Waals surface area contributed by atoms with Crippen molar-refractivity contribution in [3.8, 4) is 0 Å². The average molecular weight is 208 g/mol. The SMILES string of the molecule is C=C(O)Cc1cccc(C(=O)C(O)O)c1. The molecule has 0 aliphatic carbocycles. The van der Waals surface area contributed by atoms with E-state index in [-0.39, 0.29) is 17.7 Å². The second-order valence-electron chi connectivity index (χ2n) is 3.18. The van der Waals surface area contributed by atoms with E-state index in [0.29, 0.717) is 5.56 Å². The molecule has 4 nitrogen and oxygen atoms in total. The summed E-state index contributed by atoms with van der Waals surface area (Å²) >= 11 is 0. The van der Waals surface area contributed by atoms with Crippen LogP contribution in [0.25, 0.3) is 0 Å². The van der Waals surface area contributed by atoms with E-state index in [1.807, 2.05) is 0 Å². The van der Waals surface area contributed by atoms with Gasteiger partial charge in [0.2, 0.25) is 12.1 Å². The highest BCUT2D eigenvalue weighted by Crippen LogP contribution is 2.10. The maximum Gasteiger partial charge on any atom is 0.218 e. The van der Waals surface area contributed by atoms with Gasteiger partial charge in [0.1, 0.15) is 0 Å². The van der Waals surface area contributed by atoms with Crippen molar-refractivity contribution < 1.29 is 20.1 Å². The summed E-state index contributed by atoms with van der Waals surface area (Å²) < 4.78 is 0. The van der Waals surface area contributed by atoms with Crippen LogP contribution < -0.4 is 0 Å². The van der Waals surface area contributed by atoms with Crippen molar-refractivity contribution in [2.45, 2.75) is 12.7 Å². The van der Waals surface area contributed by atoms with Crippen LogP contribution in [-0.4, -0.2) is 27.4 Å². The van der Waals surface area contributed by atoms with Crippen LogP contribution in [0.5, 0.6) is 0 Å². The van der Waals surface area contributed by atoms with Crippen molar-refractivity contribution in [1.82, 2.24) is 0 Å². The summed E-state index contributed by atoms with van der Waals surface area (Å²) in [4.78, 5) is 11.2. The fourth-order valence-electron chi connectivity index (χ4n) is 1.22. The van der Waals surface area contributed by atoms with Crippen molar-refractivity contribution in [1.29, 1.82) is 0 Å². The van der Waals surface area contributed by atoms with Crippen LogP contribution in [-0.2, 0) is 6.42 Å². The quantitative estimate of drug-likeness (QED) is 0.388. The van der Waals surface area contributed by atoms with Gasteiger partial charge < -0.3 is 15.3 Å². The molecule has 0 atom stereocenters. The van der Waals surface area contributed by atoms with E-state index in [9.17, 15) is 4.79 Å². The van der Waals surface area contributed by atoms with Gasteiger partial charge in [-0.3, -0.25) is 4.79 Å². The van der Waals surface area contributed by atoms with Gasteiger partial charge in [-0.05, 0) is 11.6 Å². The molecule has 0 fully saturated rings. The number of rotatable bonds is 4. The maximum absolute atomic E-state index is 11.2. The summed E-state index contributed by atoms with van der Waals surface area (Å²) in [5.41, 5.74) is 0.887. The van der Waals surface area contributed by atoms with Crippen LogP contribution in [0.3, 0.4) is 0 Å². The number of carbonyl (C=O) groups excluding carboxylic acids is 1. The highest BCUT2D eigenvalue weighted by Gasteiger charge is 2.13. The molecule has 80 valence electrons. The minimum Gasteiger partial charge on any atom is -0.513 e. The first-order valence-corrected chi connectivity index (χ1v) is 4.36. The number of aliphatic hydroxyl groups excluding tert-OH is 2. The molecule has 0 spiro atoms. The predicted molar refractivity (Wildman–Crippen MR) is 54.5 cm³/mol. The standard InChI is InChI=1S/C11H12O4/c1-7(12)5-8-3-2-4-9(6-8)10(13)11(14)15/h2-4,6,11-12,14-15H,1,5H2. The Morgan fingerprint density at radius 2 is 2.07 bits per heavy atom. The molecule has 0 aliphatic heterocycles. The van der Waals surface area contributed by atoms with Crippen LogP contribution >= 0.6 is 0 Å². The van der Waals surface area contributed by atoms with Crippen LogP contribution in [0.1, 0.15) is 15.9 Å². The van der Waals surface area contributed by atoms with E-state index < -0.39 is 12.1 Å². The summed E-state index contributed by atoms with van der Waals surface area (Å²) in [7, 11) is 0. The first-order chi connectivity index (χ1) is 7.00. The highest BCUT2D eigenvalue weighted by atomic mass is 16.5. The minimum atomic E-state index is -2.00. The van der Waals surface area contributed by atoms with Gasteiger partial charge in [-0.1, -0.05) is 24.8 Å². The number of hydrogen-bond donors (Lipinski definition) is 3. The van der Waals surface area contributed by atoms with E-state index in [0.717, 1.165) is 0 Å². The van der Waals surface area contributed by atoms with Gasteiger partial charge in [-0.2, -0.15) is 0 Å². The third kappa shape index (κ3) is 3.19. The Hall–Kier alpha value is -1.65. The maximum atomic E-state index is 11.2. The fourth-order valence-corrected chi connectivity index (χ4v) is 1.22. The number of allylic oxidation sites excluding steroid dienone is 1. The van der Waals surface area contributed by atoms with E-state index in [2.05, 4.69) is 6.58 Å². The van der Waals surface area contributed by atoms with Crippen molar-refractivity contribution in [2.75, 3.05) is 0 Å². The summed E-state index contributed by atoms with van der Waals surface area (Å²) in [6.45, 7) is 3.33. The second kappa shape index (κ2) is 4.72. The lowest BCUT2D eigenvalue weighted by Gasteiger charge is -2.05. The topological polar surface area (TPSA) is 77.8 Å². The number of carbonyl (C=O) groups is 1.